The van der Waals surface area contributed by atoms with E-state index in [0.29, 0.717) is 0 Å². The van der Waals surface area contributed by atoms with Gasteiger partial charge < -0.3 is 9.47 Å². The van der Waals surface area contributed by atoms with Gasteiger partial charge in [-0.15, -0.1) is 0 Å². The Morgan fingerprint density at radius 1 is 0.537 bits per heavy atom. The fourth-order valence-electron chi connectivity index (χ4n) is 5.78. The zero-order valence-corrected chi connectivity index (χ0v) is 28.0. The molecule has 0 aromatic rings. The average Bonchev–Trinajstić information content (AvgIpc) is 2.96. The molecule has 0 saturated carbocycles. The average molecular weight is 579 g/mol. The first kappa shape index (κ1) is 39.7. The highest BCUT2D eigenvalue weighted by atomic mass is 16.6. The molecule has 0 N–H and O–H groups in total. The minimum Gasteiger partial charge on any atom is -0.469 e. The van der Waals surface area contributed by atoms with Crippen LogP contribution in [0.15, 0.2) is 12.2 Å². The summed E-state index contributed by atoms with van der Waals surface area (Å²) in [6.07, 6.45) is 37.7. The molecule has 0 aliphatic rings. The van der Waals surface area contributed by atoms with Gasteiger partial charge in [0.25, 0.3) is 0 Å². The molecule has 0 spiro atoms. The van der Waals surface area contributed by atoms with Crippen LogP contribution in [-0.4, -0.2) is 25.2 Å². The summed E-state index contributed by atoms with van der Waals surface area (Å²) < 4.78 is 10.8. The van der Waals surface area contributed by atoms with Gasteiger partial charge >= 0.3 is 11.9 Å². The van der Waals surface area contributed by atoms with Crippen molar-refractivity contribution in [3.8, 4) is 0 Å². The smallest absolute Gasteiger partial charge is 0.312 e. The van der Waals surface area contributed by atoms with E-state index in [1.54, 1.807) is 0 Å². The van der Waals surface area contributed by atoms with E-state index in [0.717, 1.165) is 44.9 Å². The number of rotatable bonds is 31. The quantitative estimate of drug-likeness (QED) is 0.0466. The van der Waals surface area contributed by atoms with Crippen LogP contribution in [0.2, 0.25) is 0 Å². The predicted octanol–water partition coefficient (Wildman–Crippen LogP) is 11.8. The zero-order valence-electron chi connectivity index (χ0n) is 28.0. The van der Waals surface area contributed by atoms with Gasteiger partial charge in [-0.05, 0) is 44.9 Å². The summed E-state index contributed by atoms with van der Waals surface area (Å²) in [4.78, 5) is 24.4. The van der Waals surface area contributed by atoms with Crippen LogP contribution in [0.3, 0.4) is 0 Å². The highest BCUT2D eigenvalue weighted by Crippen LogP contribution is 2.24. The van der Waals surface area contributed by atoms with Crippen molar-refractivity contribution >= 4 is 11.9 Å². The van der Waals surface area contributed by atoms with Gasteiger partial charge in [-0.2, -0.15) is 0 Å². The van der Waals surface area contributed by atoms with Gasteiger partial charge in [0.2, 0.25) is 0 Å². The number of hydrogen-bond acceptors (Lipinski definition) is 4. The van der Waals surface area contributed by atoms with Crippen LogP contribution < -0.4 is 0 Å². The molecule has 0 rings (SSSR count). The van der Waals surface area contributed by atoms with Crippen LogP contribution in [-0.2, 0) is 19.1 Å². The summed E-state index contributed by atoms with van der Waals surface area (Å²) in [6.45, 7) is 5.99. The monoisotopic (exact) mass is 579 g/mol. The molecule has 0 saturated heterocycles. The maximum absolute atomic E-state index is 12.6. The van der Waals surface area contributed by atoms with Crippen LogP contribution in [0, 0.1) is 5.92 Å². The number of hydrogen-bond donors (Lipinski definition) is 0. The van der Waals surface area contributed by atoms with E-state index >= 15 is 0 Å². The molecule has 242 valence electrons. The van der Waals surface area contributed by atoms with Crippen molar-refractivity contribution in [3.63, 3.8) is 0 Å². The fraction of sp³-hybridized carbons (Fsp3) is 0.892. The maximum Gasteiger partial charge on any atom is 0.312 e. The minimum atomic E-state index is -0.363. The Morgan fingerprint density at radius 3 is 1.29 bits per heavy atom. The second-order valence-electron chi connectivity index (χ2n) is 12.3. The van der Waals surface area contributed by atoms with E-state index in [-0.39, 0.29) is 24.0 Å². The van der Waals surface area contributed by atoms with Gasteiger partial charge in [-0.25, -0.2) is 0 Å². The van der Waals surface area contributed by atoms with Crippen molar-refractivity contribution in [2.45, 2.75) is 200 Å². The molecule has 0 fully saturated rings. The third kappa shape index (κ3) is 27.3. The fourth-order valence-corrected chi connectivity index (χ4v) is 5.78. The van der Waals surface area contributed by atoms with Crippen LogP contribution in [0.1, 0.15) is 194 Å². The van der Waals surface area contributed by atoms with Crippen LogP contribution >= 0.6 is 0 Å². The van der Waals surface area contributed by atoms with Gasteiger partial charge in [-0.3, -0.25) is 9.59 Å². The molecule has 0 aromatic heterocycles. The van der Waals surface area contributed by atoms with E-state index in [1.807, 2.05) is 0 Å². The van der Waals surface area contributed by atoms with E-state index in [4.69, 9.17) is 9.47 Å². The lowest BCUT2D eigenvalue weighted by atomic mass is 9.91. The minimum absolute atomic E-state index is 0.233. The van der Waals surface area contributed by atoms with Crippen LogP contribution in [0.4, 0.5) is 0 Å². The topological polar surface area (TPSA) is 52.6 Å². The van der Waals surface area contributed by atoms with Crippen LogP contribution in [0.25, 0.3) is 0 Å². The number of carbonyl (C=O) groups excluding carboxylic acids is 2. The third-order valence-corrected chi connectivity index (χ3v) is 8.39. The van der Waals surface area contributed by atoms with Gasteiger partial charge in [0, 0.05) is 6.92 Å². The number of unbranched alkanes of at least 4 members (excludes halogenated alkanes) is 22. The molecular formula is C37H70O4. The largest absolute Gasteiger partial charge is 0.469 e. The molecule has 4 nitrogen and oxygen atoms in total. The molecular weight excluding hydrogens is 508 g/mol. The molecule has 0 amide bonds. The lowest BCUT2D eigenvalue weighted by Gasteiger charge is -2.25. The van der Waals surface area contributed by atoms with Crippen molar-refractivity contribution in [1.29, 1.82) is 0 Å². The number of methoxy groups -OCH3 is 1. The molecule has 2 atom stereocenters. The van der Waals surface area contributed by atoms with Crippen molar-refractivity contribution in [2.75, 3.05) is 7.11 Å². The number of carbonyl (C=O) groups is 2. The SMILES string of the molecule is CCCCCCCC/C=C\CCCCCC[C@@H](C(=O)OC)[C@H](CCCCCCCCCCCCCCC)OC(C)=O. The standard InChI is InChI=1S/C37H70O4/c1-5-7-9-11-13-15-17-19-21-22-24-26-28-30-32-35(37(39)40-4)36(41-34(3)38)33-31-29-27-25-23-20-18-16-14-12-10-8-6-2/h19,21,35-36H,5-18,20,22-33H2,1-4H3/b21-19-/t35-,36+/m1/s1. The Balaban J connectivity index is 4.11. The van der Waals surface area contributed by atoms with E-state index in [1.165, 1.54) is 142 Å². The second-order valence-corrected chi connectivity index (χ2v) is 12.3. The Hall–Kier alpha value is -1.32. The summed E-state index contributed by atoms with van der Waals surface area (Å²) in [6, 6.07) is 0. The normalized spacial score (nSPS) is 13.0. The lowest BCUT2D eigenvalue weighted by molar-refractivity contribution is -0.160. The molecule has 0 heterocycles. The molecule has 0 radical (unpaired) electrons. The van der Waals surface area contributed by atoms with Gasteiger partial charge in [0.05, 0.1) is 13.0 Å². The highest BCUT2D eigenvalue weighted by Gasteiger charge is 2.30. The highest BCUT2D eigenvalue weighted by molar-refractivity contribution is 5.74. The number of allylic oxidation sites excluding steroid dienone is 2. The summed E-state index contributed by atoms with van der Waals surface area (Å²) in [7, 11) is 1.45. The third-order valence-electron chi connectivity index (χ3n) is 8.39. The van der Waals surface area contributed by atoms with E-state index < -0.39 is 0 Å². The van der Waals surface area contributed by atoms with E-state index in [9.17, 15) is 9.59 Å². The summed E-state index contributed by atoms with van der Waals surface area (Å²) in [5.74, 6) is -0.881. The molecule has 4 heteroatoms. The first-order chi connectivity index (χ1) is 20.1. The zero-order chi connectivity index (χ0) is 30.2. The Morgan fingerprint density at radius 2 is 0.902 bits per heavy atom. The van der Waals surface area contributed by atoms with Crippen molar-refractivity contribution in [2.24, 2.45) is 5.92 Å². The van der Waals surface area contributed by atoms with Crippen molar-refractivity contribution in [3.05, 3.63) is 12.2 Å². The Labute approximate surface area is 256 Å². The molecule has 41 heavy (non-hydrogen) atoms. The number of esters is 2. The lowest BCUT2D eigenvalue weighted by Crippen LogP contribution is -2.33. The summed E-state index contributed by atoms with van der Waals surface area (Å²) >= 11 is 0. The maximum atomic E-state index is 12.6. The van der Waals surface area contributed by atoms with Crippen molar-refractivity contribution in [1.82, 2.24) is 0 Å². The van der Waals surface area contributed by atoms with E-state index in [2.05, 4.69) is 26.0 Å². The first-order valence-electron chi connectivity index (χ1n) is 18.0. The van der Waals surface area contributed by atoms with Gasteiger partial charge in [0.1, 0.15) is 6.10 Å². The Bertz CT molecular complexity index is 600. The predicted molar refractivity (Wildman–Crippen MR) is 176 cm³/mol. The summed E-state index contributed by atoms with van der Waals surface area (Å²) in [5, 5.41) is 0. The molecule has 0 aliphatic heterocycles. The molecule has 0 aliphatic carbocycles. The van der Waals surface area contributed by atoms with Gasteiger partial charge in [0.15, 0.2) is 0 Å². The van der Waals surface area contributed by atoms with Gasteiger partial charge in [-0.1, -0.05) is 154 Å². The first-order valence-corrected chi connectivity index (χ1v) is 18.0. The van der Waals surface area contributed by atoms with Crippen LogP contribution in [0.5, 0.6) is 0 Å². The molecule has 0 unspecified atom stereocenters. The number of ether oxygens (including phenoxy) is 2. The molecule has 0 aromatic carbocycles. The second kappa shape index (κ2) is 31.6. The van der Waals surface area contributed by atoms with Crippen molar-refractivity contribution < 1.29 is 19.1 Å². The molecule has 0 bridgehead atoms. The Kier molecular flexibility index (Phi) is 30.6. The summed E-state index contributed by atoms with van der Waals surface area (Å²) in [5.41, 5.74) is 0.